The van der Waals surface area contributed by atoms with E-state index >= 15 is 0 Å². The second-order valence-corrected chi connectivity index (χ2v) is 8.22. The molecule has 0 aliphatic carbocycles. The van der Waals surface area contributed by atoms with Crippen molar-refractivity contribution in [1.29, 1.82) is 0 Å². The Morgan fingerprint density at radius 1 is 1.00 bits per heavy atom. The Morgan fingerprint density at radius 3 is 2.57 bits per heavy atom. The number of para-hydroxylation sites is 2. The number of nitrogens with two attached hydrogens (primary N) is 1. The Morgan fingerprint density at radius 2 is 1.73 bits per heavy atom. The summed E-state index contributed by atoms with van der Waals surface area (Å²) >= 11 is 0. The van der Waals surface area contributed by atoms with Crippen LogP contribution >= 0.6 is 0 Å². The van der Waals surface area contributed by atoms with Gasteiger partial charge >= 0.3 is 0 Å². The highest BCUT2D eigenvalue weighted by atomic mass is 16.4. The van der Waals surface area contributed by atoms with Crippen LogP contribution in [0.1, 0.15) is 22.9 Å². The van der Waals surface area contributed by atoms with Crippen LogP contribution in [0.3, 0.4) is 0 Å². The van der Waals surface area contributed by atoms with Crippen LogP contribution in [0.2, 0.25) is 0 Å². The fourth-order valence-corrected chi connectivity index (χ4v) is 5.14. The van der Waals surface area contributed by atoms with Gasteiger partial charge in [-0.1, -0.05) is 42.5 Å². The number of hydrogen-bond donors (Lipinski definition) is 2. The Balaban J connectivity index is 1.58. The summed E-state index contributed by atoms with van der Waals surface area (Å²) in [4.78, 5) is 15.4. The number of aryl methyl sites for hydroxylation is 1. The molecule has 2 aromatic heterocycles. The predicted molar refractivity (Wildman–Crippen MR) is 115 cm³/mol. The lowest BCUT2D eigenvalue weighted by molar-refractivity contribution is -0.717. The largest absolute Gasteiger partial charge is 0.544 e. The summed E-state index contributed by atoms with van der Waals surface area (Å²) in [6, 6.07) is 22.2. The first-order chi connectivity index (χ1) is 14.6. The Labute approximate surface area is 172 Å². The van der Waals surface area contributed by atoms with Gasteiger partial charge in [0.15, 0.2) is 6.04 Å². The number of rotatable bonds is 2. The van der Waals surface area contributed by atoms with Gasteiger partial charge in [-0.3, -0.25) is 0 Å². The summed E-state index contributed by atoms with van der Waals surface area (Å²) in [5.41, 5.74) is 6.68. The third kappa shape index (κ3) is 2.36. The summed E-state index contributed by atoms with van der Waals surface area (Å²) in [5.74, 6) is -1.01. The number of carboxylic acids is 1. The second-order valence-electron chi connectivity index (χ2n) is 8.22. The highest BCUT2D eigenvalue weighted by Gasteiger charge is 2.35. The highest BCUT2D eigenvalue weighted by molar-refractivity contribution is 6.08. The molecule has 1 aliphatic heterocycles. The monoisotopic (exact) mass is 395 g/mol. The van der Waals surface area contributed by atoms with Gasteiger partial charge < -0.3 is 24.8 Å². The minimum Gasteiger partial charge on any atom is -0.544 e. The molecule has 1 aliphatic rings. The molecule has 0 saturated carbocycles. The molecule has 0 bridgehead atoms. The maximum atomic E-state index is 11.8. The average Bonchev–Trinajstić information content (AvgIpc) is 3.29. The molecule has 0 amide bonds. The SMILES string of the molecule is Cn1c2ccccc2c2cc([C@@H]3[NH2+][C@@H](C(=O)[O-])Cc4c3[nH]c3ccccc43)ccc21. The van der Waals surface area contributed by atoms with E-state index in [4.69, 9.17) is 0 Å². The third-order valence-electron chi connectivity index (χ3n) is 6.61. The van der Waals surface area contributed by atoms with E-state index < -0.39 is 12.0 Å². The summed E-state index contributed by atoms with van der Waals surface area (Å²) in [6.07, 6.45) is 0.467. The van der Waals surface area contributed by atoms with E-state index in [0.29, 0.717) is 6.42 Å². The van der Waals surface area contributed by atoms with Gasteiger partial charge in [0.25, 0.3) is 0 Å². The van der Waals surface area contributed by atoms with Crippen molar-refractivity contribution in [2.45, 2.75) is 18.5 Å². The van der Waals surface area contributed by atoms with Gasteiger partial charge in [0, 0.05) is 51.7 Å². The molecule has 3 heterocycles. The lowest BCUT2D eigenvalue weighted by Crippen LogP contribution is -2.95. The molecule has 0 fully saturated rings. The Kier molecular flexibility index (Phi) is 3.58. The molecule has 3 N–H and O–H groups in total. The first kappa shape index (κ1) is 17.3. The molecule has 0 unspecified atom stereocenters. The van der Waals surface area contributed by atoms with E-state index in [2.05, 4.69) is 65.1 Å². The number of nitrogens with one attached hydrogen (secondary N) is 1. The molecule has 5 heteroatoms. The zero-order valence-electron chi connectivity index (χ0n) is 16.6. The summed E-state index contributed by atoms with van der Waals surface area (Å²) in [6.45, 7) is 0. The number of nitrogens with zero attached hydrogens (tertiary/aromatic N) is 1. The van der Waals surface area contributed by atoms with Crippen LogP contribution in [0.4, 0.5) is 0 Å². The number of H-pyrrole nitrogens is 1. The molecule has 3 aromatic carbocycles. The zero-order valence-corrected chi connectivity index (χ0v) is 16.6. The number of aliphatic carboxylic acids is 1. The van der Waals surface area contributed by atoms with Gasteiger partial charge in [-0.05, 0) is 29.8 Å². The molecule has 5 aromatic rings. The molecular formula is C25H21N3O2. The topological polar surface area (TPSA) is 77.5 Å². The highest BCUT2D eigenvalue weighted by Crippen LogP contribution is 2.35. The van der Waals surface area contributed by atoms with Crippen molar-refractivity contribution in [1.82, 2.24) is 9.55 Å². The molecule has 0 saturated heterocycles. The van der Waals surface area contributed by atoms with Crippen LogP contribution < -0.4 is 10.4 Å². The molecule has 6 rings (SSSR count). The molecule has 30 heavy (non-hydrogen) atoms. The van der Waals surface area contributed by atoms with Crippen molar-refractivity contribution in [2.75, 3.05) is 0 Å². The van der Waals surface area contributed by atoms with E-state index in [0.717, 1.165) is 27.7 Å². The minimum atomic E-state index is -1.01. The van der Waals surface area contributed by atoms with Crippen LogP contribution in [-0.2, 0) is 18.3 Å². The van der Waals surface area contributed by atoms with Gasteiger partial charge in [-0.25, -0.2) is 0 Å². The number of carboxylic acid groups (broad SMARTS) is 1. The van der Waals surface area contributed by atoms with E-state index in [1.165, 1.54) is 21.8 Å². The average molecular weight is 395 g/mol. The number of benzene rings is 3. The van der Waals surface area contributed by atoms with Crippen molar-refractivity contribution in [3.05, 3.63) is 83.6 Å². The van der Waals surface area contributed by atoms with E-state index in [1.807, 2.05) is 23.5 Å². The van der Waals surface area contributed by atoms with Gasteiger partial charge in [0.1, 0.15) is 6.04 Å². The molecule has 0 radical (unpaired) electrons. The summed E-state index contributed by atoms with van der Waals surface area (Å²) < 4.78 is 2.21. The van der Waals surface area contributed by atoms with Crippen LogP contribution in [0.25, 0.3) is 32.7 Å². The van der Waals surface area contributed by atoms with Crippen molar-refractivity contribution in [3.8, 4) is 0 Å². The van der Waals surface area contributed by atoms with Crippen molar-refractivity contribution in [3.63, 3.8) is 0 Å². The van der Waals surface area contributed by atoms with Crippen LogP contribution in [0.15, 0.2) is 66.7 Å². The van der Waals surface area contributed by atoms with Crippen molar-refractivity contribution in [2.24, 2.45) is 7.05 Å². The first-order valence-electron chi connectivity index (χ1n) is 10.2. The van der Waals surface area contributed by atoms with E-state index in [-0.39, 0.29) is 6.04 Å². The van der Waals surface area contributed by atoms with E-state index in [9.17, 15) is 9.90 Å². The fourth-order valence-electron chi connectivity index (χ4n) is 5.14. The number of fused-ring (bicyclic) bond motifs is 6. The zero-order chi connectivity index (χ0) is 20.4. The summed E-state index contributed by atoms with van der Waals surface area (Å²) in [5, 5.41) is 17.3. The number of aromatic amines is 1. The number of carbonyl (C=O) groups excluding carboxylic acids is 1. The maximum Gasteiger partial charge on any atom is 0.153 e. The molecule has 2 atom stereocenters. The normalized spacial score (nSPS) is 18.8. The molecule has 5 nitrogen and oxygen atoms in total. The van der Waals surface area contributed by atoms with Gasteiger partial charge in [-0.2, -0.15) is 0 Å². The van der Waals surface area contributed by atoms with Crippen molar-refractivity contribution < 1.29 is 15.2 Å². The van der Waals surface area contributed by atoms with Gasteiger partial charge in [0.2, 0.25) is 0 Å². The third-order valence-corrected chi connectivity index (χ3v) is 6.61. The molecular weight excluding hydrogens is 374 g/mol. The van der Waals surface area contributed by atoms with Gasteiger partial charge in [-0.15, -0.1) is 0 Å². The van der Waals surface area contributed by atoms with Crippen LogP contribution in [0, 0.1) is 0 Å². The maximum absolute atomic E-state index is 11.8. The molecule has 148 valence electrons. The Hall–Kier alpha value is -3.57. The predicted octanol–water partition coefficient (Wildman–Crippen LogP) is 2.14. The lowest BCUT2D eigenvalue weighted by atomic mass is 9.90. The van der Waals surface area contributed by atoms with Crippen molar-refractivity contribution >= 4 is 38.7 Å². The quantitative estimate of drug-likeness (QED) is 0.480. The van der Waals surface area contributed by atoms with Gasteiger partial charge in [0.05, 0.1) is 11.7 Å². The minimum absolute atomic E-state index is 0.118. The fraction of sp³-hybridized carbons (Fsp3) is 0.160. The lowest BCUT2D eigenvalue weighted by Gasteiger charge is -2.29. The summed E-state index contributed by atoms with van der Waals surface area (Å²) in [7, 11) is 2.08. The molecule has 0 spiro atoms. The van der Waals surface area contributed by atoms with Crippen LogP contribution in [0.5, 0.6) is 0 Å². The number of aromatic nitrogens is 2. The first-order valence-corrected chi connectivity index (χ1v) is 10.2. The number of hydrogen-bond acceptors (Lipinski definition) is 2. The number of carbonyl (C=O) groups is 1. The standard InChI is InChI=1S/C25H21N3O2/c1-28-21-9-5-3-7-16(21)17-12-14(10-11-22(17)28)23-24-18(13-20(27-23)25(29)30)15-6-2-4-8-19(15)26-24/h2-12,20,23,26-27H,13H2,1H3,(H,29,30)/t20-,23+/m1/s1. The smallest absolute Gasteiger partial charge is 0.153 e. The van der Waals surface area contributed by atoms with Crippen LogP contribution in [-0.4, -0.2) is 21.6 Å². The Bertz CT molecular complexity index is 1460. The second kappa shape index (κ2) is 6.21. The van der Waals surface area contributed by atoms with E-state index in [1.54, 1.807) is 0 Å². The number of quaternary nitrogens is 1.